The van der Waals surface area contributed by atoms with Gasteiger partial charge in [0.05, 0.1) is 6.33 Å². The van der Waals surface area contributed by atoms with Gasteiger partial charge >= 0.3 is 0 Å². The lowest BCUT2D eigenvalue weighted by molar-refractivity contribution is 0.306. The highest BCUT2D eigenvalue weighted by molar-refractivity contribution is 9.08. The summed E-state index contributed by atoms with van der Waals surface area (Å²) in [5.74, 6) is 0.864. The van der Waals surface area contributed by atoms with Gasteiger partial charge in [-0.3, -0.25) is 0 Å². The third-order valence-corrected chi connectivity index (χ3v) is 3.87. The van der Waals surface area contributed by atoms with Crippen LogP contribution in [0.1, 0.15) is 11.1 Å². The van der Waals surface area contributed by atoms with Crippen LogP contribution < -0.4 is 4.74 Å². The molecule has 106 valence electrons. The van der Waals surface area contributed by atoms with E-state index in [4.69, 9.17) is 4.74 Å². The number of hydrogen-bond acceptors (Lipinski definition) is 2. The number of rotatable bonds is 5. The molecule has 0 fully saturated rings. The topological polar surface area (TPSA) is 27.1 Å². The second kappa shape index (κ2) is 6.59. The van der Waals surface area contributed by atoms with Gasteiger partial charge < -0.3 is 9.30 Å². The Hall–Kier alpha value is -2.07. The summed E-state index contributed by atoms with van der Waals surface area (Å²) < 4.78 is 7.76. The summed E-state index contributed by atoms with van der Waals surface area (Å²) in [5, 5.41) is 0.879. The molecule has 0 N–H and O–H groups in total. The molecule has 0 amide bonds. The number of ether oxygens (including phenoxy) is 1. The zero-order valence-corrected chi connectivity index (χ0v) is 13.0. The van der Waals surface area contributed by atoms with E-state index in [0.29, 0.717) is 6.61 Å². The molecule has 1 heterocycles. The van der Waals surface area contributed by atoms with Gasteiger partial charge in [0.1, 0.15) is 12.4 Å². The third-order valence-electron chi connectivity index (χ3n) is 3.22. The van der Waals surface area contributed by atoms with E-state index in [0.717, 1.165) is 16.8 Å². The maximum Gasteiger partial charge on any atom is 0.119 e. The van der Waals surface area contributed by atoms with Crippen LogP contribution in [-0.4, -0.2) is 9.55 Å². The lowest BCUT2D eigenvalue weighted by Crippen LogP contribution is -1.96. The zero-order chi connectivity index (χ0) is 14.5. The predicted molar refractivity (Wildman–Crippen MR) is 87.0 cm³/mol. The Morgan fingerprint density at radius 3 is 2.29 bits per heavy atom. The maximum atomic E-state index is 5.80. The lowest BCUT2D eigenvalue weighted by atomic mass is 10.2. The number of halogens is 1. The molecule has 0 aliphatic carbocycles. The largest absolute Gasteiger partial charge is 0.489 e. The van der Waals surface area contributed by atoms with E-state index in [2.05, 4.69) is 45.2 Å². The van der Waals surface area contributed by atoms with Crippen LogP contribution in [-0.2, 0) is 11.9 Å². The molecule has 21 heavy (non-hydrogen) atoms. The average molecular weight is 343 g/mol. The minimum Gasteiger partial charge on any atom is -0.489 e. The van der Waals surface area contributed by atoms with E-state index in [1.807, 2.05) is 35.0 Å². The van der Waals surface area contributed by atoms with Gasteiger partial charge in [0.25, 0.3) is 0 Å². The van der Waals surface area contributed by atoms with Crippen LogP contribution in [0, 0.1) is 0 Å². The lowest BCUT2D eigenvalue weighted by Gasteiger charge is -2.08. The van der Waals surface area contributed by atoms with Crippen LogP contribution in [0.4, 0.5) is 0 Å². The van der Waals surface area contributed by atoms with Gasteiger partial charge in [0.15, 0.2) is 0 Å². The van der Waals surface area contributed by atoms with Gasteiger partial charge in [-0.2, -0.15) is 0 Å². The Morgan fingerprint density at radius 1 is 0.952 bits per heavy atom. The highest BCUT2D eigenvalue weighted by Gasteiger charge is 1.99. The summed E-state index contributed by atoms with van der Waals surface area (Å²) in [5.41, 5.74) is 3.50. The first-order chi connectivity index (χ1) is 10.3. The quantitative estimate of drug-likeness (QED) is 0.644. The molecule has 1 aromatic heterocycles. The number of imidazole rings is 1. The second-order valence-corrected chi connectivity index (χ2v) is 5.26. The van der Waals surface area contributed by atoms with Gasteiger partial charge in [0.2, 0.25) is 0 Å². The number of hydrogen-bond donors (Lipinski definition) is 0. The first kappa shape index (κ1) is 13.9. The van der Waals surface area contributed by atoms with Crippen molar-refractivity contribution in [2.24, 2.45) is 0 Å². The average Bonchev–Trinajstić information content (AvgIpc) is 3.08. The van der Waals surface area contributed by atoms with Crippen molar-refractivity contribution in [2.75, 3.05) is 0 Å². The zero-order valence-electron chi connectivity index (χ0n) is 11.4. The number of benzene rings is 2. The van der Waals surface area contributed by atoms with Crippen molar-refractivity contribution in [3.63, 3.8) is 0 Å². The molecule has 0 radical (unpaired) electrons. The van der Waals surface area contributed by atoms with Crippen molar-refractivity contribution < 1.29 is 4.74 Å². The molecule has 3 rings (SSSR count). The second-order valence-electron chi connectivity index (χ2n) is 4.70. The van der Waals surface area contributed by atoms with Crippen LogP contribution in [0.25, 0.3) is 5.69 Å². The van der Waals surface area contributed by atoms with Crippen LogP contribution >= 0.6 is 15.9 Å². The van der Waals surface area contributed by atoms with E-state index in [9.17, 15) is 0 Å². The number of nitrogens with zero attached hydrogens (tertiary/aromatic N) is 2. The molecule has 0 aliphatic rings. The summed E-state index contributed by atoms with van der Waals surface area (Å²) in [6.07, 6.45) is 5.46. The van der Waals surface area contributed by atoms with Gasteiger partial charge in [-0.25, -0.2) is 4.98 Å². The number of alkyl halides is 1. The normalized spacial score (nSPS) is 10.5. The molecule has 0 bridgehead atoms. The Bertz CT molecular complexity index is 676. The molecule has 0 spiro atoms. The molecular formula is C17H15BrN2O. The molecule has 3 aromatic rings. The minimum atomic E-state index is 0.576. The Morgan fingerprint density at radius 2 is 1.67 bits per heavy atom. The molecule has 0 saturated carbocycles. The van der Waals surface area contributed by atoms with Gasteiger partial charge in [-0.15, -0.1) is 0 Å². The molecule has 3 nitrogen and oxygen atoms in total. The first-order valence-corrected chi connectivity index (χ1v) is 7.82. The minimum absolute atomic E-state index is 0.576. The van der Waals surface area contributed by atoms with Crippen LogP contribution in [0.3, 0.4) is 0 Å². The Labute approximate surface area is 132 Å². The molecule has 2 aromatic carbocycles. The number of aromatic nitrogens is 2. The summed E-state index contributed by atoms with van der Waals surface area (Å²) in [6.45, 7) is 0.576. The molecule has 0 aliphatic heterocycles. The van der Waals surface area contributed by atoms with Crippen LogP contribution in [0.15, 0.2) is 67.3 Å². The monoisotopic (exact) mass is 342 g/mol. The maximum absolute atomic E-state index is 5.80. The fourth-order valence-electron chi connectivity index (χ4n) is 2.02. The van der Waals surface area contributed by atoms with Crippen molar-refractivity contribution in [3.8, 4) is 11.4 Å². The standard InChI is InChI=1S/C17H15BrN2O/c18-11-14-1-3-15(4-2-14)12-21-17-7-5-16(6-8-17)20-10-9-19-13-20/h1-10,13H,11-12H2. The van der Waals surface area contributed by atoms with Crippen LogP contribution in [0.2, 0.25) is 0 Å². The molecule has 0 atom stereocenters. The molecule has 0 saturated heterocycles. The van der Waals surface area contributed by atoms with E-state index < -0.39 is 0 Å². The van der Waals surface area contributed by atoms with E-state index >= 15 is 0 Å². The van der Waals surface area contributed by atoms with E-state index in [-0.39, 0.29) is 0 Å². The highest BCUT2D eigenvalue weighted by atomic mass is 79.9. The van der Waals surface area contributed by atoms with E-state index in [1.54, 1.807) is 12.5 Å². The summed E-state index contributed by atoms with van der Waals surface area (Å²) in [6, 6.07) is 16.4. The molecular weight excluding hydrogens is 328 g/mol. The van der Waals surface area contributed by atoms with Gasteiger partial charge in [-0.05, 0) is 35.4 Å². The van der Waals surface area contributed by atoms with Gasteiger partial charge in [0, 0.05) is 23.4 Å². The predicted octanol–water partition coefficient (Wildman–Crippen LogP) is 4.35. The summed E-state index contributed by atoms with van der Waals surface area (Å²) in [7, 11) is 0. The van der Waals surface area contributed by atoms with Crippen molar-refractivity contribution in [2.45, 2.75) is 11.9 Å². The molecule has 4 heteroatoms. The van der Waals surface area contributed by atoms with Crippen molar-refractivity contribution in [1.29, 1.82) is 0 Å². The fraction of sp³-hybridized carbons (Fsp3) is 0.118. The fourth-order valence-corrected chi connectivity index (χ4v) is 2.39. The molecule has 0 unspecified atom stereocenters. The summed E-state index contributed by atoms with van der Waals surface area (Å²) >= 11 is 3.44. The Balaban J connectivity index is 1.62. The summed E-state index contributed by atoms with van der Waals surface area (Å²) in [4.78, 5) is 4.04. The van der Waals surface area contributed by atoms with Crippen LogP contribution in [0.5, 0.6) is 5.75 Å². The van der Waals surface area contributed by atoms with Crippen molar-refractivity contribution in [1.82, 2.24) is 9.55 Å². The highest BCUT2D eigenvalue weighted by Crippen LogP contribution is 2.17. The van der Waals surface area contributed by atoms with Crippen molar-refractivity contribution >= 4 is 15.9 Å². The third kappa shape index (κ3) is 3.52. The van der Waals surface area contributed by atoms with Gasteiger partial charge in [-0.1, -0.05) is 40.2 Å². The van der Waals surface area contributed by atoms with E-state index in [1.165, 1.54) is 11.1 Å². The smallest absolute Gasteiger partial charge is 0.119 e. The van der Waals surface area contributed by atoms with Crippen molar-refractivity contribution in [3.05, 3.63) is 78.4 Å². The SMILES string of the molecule is BrCc1ccc(COc2ccc(-n3ccnc3)cc2)cc1. The first-order valence-electron chi connectivity index (χ1n) is 6.70. The Kier molecular flexibility index (Phi) is 4.36.